The van der Waals surface area contributed by atoms with Crippen molar-refractivity contribution in [2.24, 2.45) is 5.92 Å². The first-order valence-corrected chi connectivity index (χ1v) is 8.72. The lowest BCUT2D eigenvalue weighted by atomic mass is 10.0. The quantitative estimate of drug-likeness (QED) is 0.459. The van der Waals surface area contributed by atoms with Crippen molar-refractivity contribution in [2.75, 3.05) is 13.7 Å². The molecule has 4 nitrogen and oxygen atoms in total. The van der Waals surface area contributed by atoms with E-state index in [-0.39, 0.29) is 18.3 Å². The van der Waals surface area contributed by atoms with Crippen LogP contribution in [-0.4, -0.2) is 24.8 Å². The molecule has 0 aliphatic carbocycles. The van der Waals surface area contributed by atoms with Crippen LogP contribution in [0.4, 0.5) is 0 Å². The van der Waals surface area contributed by atoms with Gasteiger partial charge in [0.25, 0.3) is 0 Å². The summed E-state index contributed by atoms with van der Waals surface area (Å²) in [5, 5.41) is 9.52. The van der Waals surface area contributed by atoms with Gasteiger partial charge in [-0.25, -0.2) is 0 Å². The van der Waals surface area contributed by atoms with E-state index in [2.05, 4.69) is 13.8 Å². The summed E-state index contributed by atoms with van der Waals surface area (Å²) in [4.78, 5) is 11.6. The number of methoxy groups -OCH3 is 1. The highest BCUT2D eigenvalue weighted by molar-refractivity contribution is 5.69. The Morgan fingerprint density at radius 2 is 1.96 bits per heavy atom. The molecule has 0 fully saturated rings. The Morgan fingerprint density at radius 3 is 2.67 bits per heavy atom. The Bertz CT molecular complexity index is 520. The third kappa shape index (κ3) is 8.61. The first-order valence-electron chi connectivity index (χ1n) is 8.72. The summed E-state index contributed by atoms with van der Waals surface area (Å²) >= 11 is 0. The van der Waals surface area contributed by atoms with Crippen molar-refractivity contribution in [3.8, 4) is 11.5 Å². The van der Waals surface area contributed by atoms with E-state index in [0.717, 1.165) is 24.3 Å². The van der Waals surface area contributed by atoms with Crippen molar-refractivity contribution in [3.05, 3.63) is 29.8 Å². The molecule has 0 saturated heterocycles. The number of carbonyl (C=O) groups excluding carboxylic acids is 1. The Hall–Kier alpha value is -1.97. The highest BCUT2D eigenvalue weighted by atomic mass is 16.5. The van der Waals surface area contributed by atoms with E-state index in [1.54, 1.807) is 24.3 Å². The van der Waals surface area contributed by atoms with Crippen LogP contribution in [0.3, 0.4) is 0 Å². The smallest absolute Gasteiger partial charge is 0.306 e. The van der Waals surface area contributed by atoms with Crippen LogP contribution in [0.5, 0.6) is 11.5 Å². The second-order valence-electron chi connectivity index (χ2n) is 6.36. The number of unbranched alkanes of at least 4 members (excludes halogenated alkanes) is 3. The molecule has 0 atom stereocenters. The fourth-order valence-electron chi connectivity index (χ4n) is 2.37. The largest absolute Gasteiger partial charge is 0.504 e. The molecule has 0 spiro atoms. The zero-order valence-electron chi connectivity index (χ0n) is 15.1. The van der Waals surface area contributed by atoms with Crippen molar-refractivity contribution in [1.29, 1.82) is 0 Å². The maximum atomic E-state index is 11.6. The number of aromatic hydroxyl groups is 1. The lowest BCUT2D eigenvalue weighted by Gasteiger charge is -2.05. The van der Waals surface area contributed by atoms with Crippen LogP contribution >= 0.6 is 0 Å². The summed E-state index contributed by atoms with van der Waals surface area (Å²) in [6, 6.07) is 5.07. The van der Waals surface area contributed by atoms with Crippen LogP contribution < -0.4 is 4.74 Å². The molecule has 0 saturated carbocycles. The van der Waals surface area contributed by atoms with E-state index >= 15 is 0 Å². The minimum Gasteiger partial charge on any atom is -0.504 e. The topological polar surface area (TPSA) is 55.8 Å². The normalized spacial score (nSPS) is 11.2. The van der Waals surface area contributed by atoms with Gasteiger partial charge < -0.3 is 14.6 Å². The molecule has 134 valence electrons. The summed E-state index contributed by atoms with van der Waals surface area (Å²) in [6.45, 7) is 4.73. The average molecular weight is 334 g/mol. The molecule has 0 aliphatic heterocycles. The van der Waals surface area contributed by atoms with Gasteiger partial charge >= 0.3 is 5.97 Å². The van der Waals surface area contributed by atoms with Gasteiger partial charge in [0.05, 0.1) is 7.11 Å². The van der Waals surface area contributed by atoms with Crippen molar-refractivity contribution in [3.63, 3.8) is 0 Å². The van der Waals surface area contributed by atoms with Crippen molar-refractivity contribution >= 4 is 12.0 Å². The van der Waals surface area contributed by atoms with E-state index in [0.29, 0.717) is 12.2 Å². The zero-order chi connectivity index (χ0) is 17.8. The van der Waals surface area contributed by atoms with Gasteiger partial charge in [-0.3, -0.25) is 4.79 Å². The van der Waals surface area contributed by atoms with Crippen LogP contribution in [0.25, 0.3) is 6.08 Å². The van der Waals surface area contributed by atoms with Gasteiger partial charge in [-0.05, 0) is 36.1 Å². The molecule has 0 aliphatic rings. The minimum absolute atomic E-state index is 0.106. The second-order valence-corrected chi connectivity index (χ2v) is 6.36. The molecule has 1 aromatic carbocycles. The molecular weight excluding hydrogens is 304 g/mol. The highest BCUT2D eigenvalue weighted by Gasteiger charge is 2.02. The number of rotatable bonds is 11. The van der Waals surface area contributed by atoms with Crippen LogP contribution in [0, 0.1) is 5.92 Å². The Balaban J connectivity index is 2.16. The SMILES string of the molecule is COc1cc(/C=C/COC(=O)CCCCCCC(C)C)ccc1O. The van der Waals surface area contributed by atoms with Gasteiger partial charge in [0, 0.05) is 6.42 Å². The molecule has 1 rings (SSSR count). The average Bonchev–Trinajstić information content (AvgIpc) is 2.55. The van der Waals surface area contributed by atoms with E-state index in [1.165, 1.54) is 26.4 Å². The van der Waals surface area contributed by atoms with Gasteiger partial charge in [-0.2, -0.15) is 0 Å². The molecule has 1 aromatic rings. The number of ether oxygens (including phenoxy) is 2. The number of esters is 1. The van der Waals surface area contributed by atoms with Crippen LogP contribution in [0.2, 0.25) is 0 Å². The van der Waals surface area contributed by atoms with Crippen LogP contribution in [0.1, 0.15) is 57.9 Å². The first-order chi connectivity index (χ1) is 11.5. The number of hydrogen-bond donors (Lipinski definition) is 1. The third-order valence-corrected chi connectivity index (χ3v) is 3.77. The van der Waals surface area contributed by atoms with E-state index in [9.17, 15) is 9.90 Å². The Morgan fingerprint density at radius 1 is 1.21 bits per heavy atom. The summed E-state index contributed by atoms with van der Waals surface area (Å²) in [5.41, 5.74) is 0.880. The van der Waals surface area contributed by atoms with E-state index in [1.807, 2.05) is 6.08 Å². The third-order valence-electron chi connectivity index (χ3n) is 3.77. The number of phenols is 1. The fraction of sp³-hybridized carbons (Fsp3) is 0.550. The first kappa shape index (κ1) is 20.1. The lowest BCUT2D eigenvalue weighted by molar-refractivity contribution is -0.142. The minimum atomic E-state index is -0.146. The fourth-order valence-corrected chi connectivity index (χ4v) is 2.37. The monoisotopic (exact) mass is 334 g/mol. The zero-order valence-corrected chi connectivity index (χ0v) is 15.1. The van der Waals surface area contributed by atoms with Gasteiger partial charge in [0.2, 0.25) is 0 Å². The highest BCUT2D eigenvalue weighted by Crippen LogP contribution is 2.26. The molecule has 0 bridgehead atoms. The van der Waals surface area contributed by atoms with Crippen LogP contribution in [-0.2, 0) is 9.53 Å². The maximum absolute atomic E-state index is 11.6. The molecule has 0 amide bonds. The number of hydrogen-bond acceptors (Lipinski definition) is 4. The van der Waals surface area contributed by atoms with Gasteiger partial charge in [-0.1, -0.05) is 51.7 Å². The van der Waals surface area contributed by atoms with Crippen molar-refractivity contribution < 1.29 is 19.4 Å². The van der Waals surface area contributed by atoms with Crippen molar-refractivity contribution in [1.82, 2.24) is 0 Å². The molecule has 0 unspecified atom stereocenters. The second kappa shape index (κ2) is 11.5. The Labute approximate surface area is 145 Å². The van der Waals surface area contributed by atoms with Crippen molar-refractivity contribution in [2.45, 2.75) is 52.4 Å². The maximum Gasteiger partial charge on any atom is 0.306 e. The summed E-state index contributed by atoms with van der Waals surface area (Å²) in [7, 11) is 1.51. The predicted octanol–water partition coefficient (Wildman–Crippen LogP) is 4.95. The standard InChI is InChI=1S/C20H30O4/c1-16(2)9-6-4-5-7-11-20(22)24-14-8-10-17-12-13-18(21)19(15-17)23-3/h8,10,12-13,15-16,21H,4-7,9,11,14H2,1-3H3/b10-8+. The molecule has 4 heteroatoms. The molecule has 1 N–H and O–H groups in total. The van der Waals surface area contributed by atoms with Gasteiger partial charge in [0.1, 0.15) is 6.61 Å². The molecule has 0 heterocycles. The van der Waals surface area contributed by atoms with Crippen LogP contribution in [0.15, 0.2) is 24.3 Å². The van der Waals surface area contributed by atoms with Gasteiger partial charge in [0.15, 0.2) is 11.5 Å². The summed E-state index contributed by atoms with van der Waals surface area (Å²) in [6.07, 6.45) is 9.79. The molecule has 24 heavy (non-hydrogen) atoms. The lowest BCUT2D eigenvalue weighted by Crippen LogP contribution is -2.04. The van der Waals surface area contributed by atoms with E-state index < -0.39 is 0 Å². The Kier molecular flexibility index (Phi) is 9.66. The molecular formula is C20H30O4. The van der Waals surface area contributed by atoms with E-state index in [4.69, 9.17) is 9.47 Å². The van der Waals surface area contributed by atoms with Gasteiger partial charge in [-0.15, -0.1) is 0 Å². The summed E-state index contributed by atoms with van der Waals surface area (Å²) in [5.74, 6) is 1.14. The molecule has 0 aromatic heterocycles. The summed E-state index contributed by atoms with van der Waals surface area (Å²) < 4.78 is 10.2. The predicted molar refractivity (Wildman–Crippen MR) is 97.2 cm³/mol. The molecule has 0 radical (unpaired) electrons. The number of benzene rings is 1. The number of phenolic OH excluding ortho intramolecular Hbond substituents is 1. The number of carbonyl (C=O) groups is 1.